The standard InChI is InChI=1S/C10H19NOS2/c1-7(6-12)11-8-2-3-9-10(8)14-5-4-13-9/h7-12H,2-6H2,1H3/t7-,8?,9?,10?/m1/s1. The molecule has 1 heterocycles. The van der Waals surface area contributed by atoms with Gasteiger partial charge in [0.1, 0.15) is 0 Å². The van der Waals surface area contributed by atoms with Crippen molar-refractivity contribution < 1.29 is 5.11 Å². The lowest BCUT2D eigenvalue weighted by atomic mass is 10.2. The minimum Gasteiger partial charge on any atom is -0.395 e. The monoisotopic (exact) mass is 233 g/mol. The van der Waals surface area contributed by atoms with Crippen molar-refractivity contribution >= 4 is 23.5 Å². The first-order chi connectivity index (χ1) is 6.81. The van der Waals surface area contributed by atoms with Crippen LogP contribution in [0.25, 0.3) is 0 Å². The van der Waals surface area contributed by atoms with Gasteiger partial charge in [0.05, 0.1) is 6.61 Å². The molecule has 0 amide bonds. The fourth-order valence-corrected chi connectivity index (χ4v) is 5.61. The second-order valence-corrected chi connectivity index (χ2v) is 6.81. The molecular formula is C10H19NOS2. The largest absolute Gasteiger partial charge is 0.395 e. The van der Waals surface area contributed by atoms with Crippen LogP contribution in [0.15, 0.2) is 0 Å². The molecule has 0 aromatic heterocycles. The molecule has 2 rings (SSSR count). The van der Waals surface area contributed by atoms with Crippen molar-refractivity contribution in [3.63, 3.8) is 0 Å². The summed E-state index contributed by atoms with van der Waals surface area (Å²) in [4.78, 5) is 0. The summed E-state index contributed by atoms with van der Waals surface area (Å²) in [5, 5.41) is 14.2. The van der Waals surface area contributed by atoms with Crippen LogP contribution in [-0.4, -0.2) is 45.8 Å². The van der Waals surface area contributed by atoms with Gasteiger partial charge in [0.15, 0.2) is 0 Å². The van der Waals surface area contributed by atoms with E-state index < -0.39 is 0 Å². The Hall–Kier alpha value is 0.620. The average molecular weight is 233 g/mol. The average Bonchev–Trinajstić information content (AvgIpc) is 2.62. The molecular weight excluding hydrogens is 214 g/mol. The fraction of sp³-hybridized carbons (Fsp3) is 1.00. The van der Waals surface area contributed by atoms with E-state index >= 15 is 0 Å². The molecule has 2 N–H and O–H groups in total. The zero-order chi connectivity index (χ0) is 9.97. The predicted molar refractivity (Wildman–Crippen MR) is 65.2 cm³/mol. The normalized spacial score (nSPS) is 39.4. The Bertz CT molecular complexity index is 191. The molecule has 0 aromatic rings. The smallest absolute Gasteiger partial charge is 0.0582 e. The minimum absolute atomic E-state index is 0.256. The van der Waals surface area contributed by atoms with E-state index in [1.807, 2.05) is 0 Å². The van der Waals surface area contributed by atoms with Crippen LogP contribution in [0.5, 0.6) is 0 Å². The van der Waals surface area contributed by atoms with E-state index in [0.717, 1.165) is 10.5 Å². The molecule has 4 atom stereocenters. The van der Waals surface area contributed by atoms with Crippen molar-refractivity contribution in [2.24, 2.45) is 0 Å². The molecule has 0 aromatic carbocycles. The summed E-state index contributed by atoms with van der Waals surface area (Å²) in [5.74, 6) is 2.63. The summed E-state index contributed by atoms with van der Waals surface area (Å²) < 4.78 is 0. The van der Waals surface area contributed by atoms with Crippen molar-refractivity contribution in [1.29, 1.82) is 0 Å². The Labute approximate surface area is 94.6 Å². The number of thioether (sulfide) groups is 2. The summed E-state index contributed by atoms with van der Waals surface area (Å²) >= 11 is 4.28. The highest BCUT2D eigenvalue weighted by atomic mass is 32.2. The number of hydrogen-bond acceptors (Lipinski definition) is 4. The zero-order valence-corrected chi connectivity index (χ0v) is 10.2. The van der Waals surface area contributed by atoms with E-state index in [1.165, 1.54) is 24.3 Å². The third-order valence-electron chi connectivity index (χ3n) is 3.02. The number of nitrogens with one attached hydrogen (secondary N) is 1. The second kappa shape index (κ2) is 5.10. The maximum atomic E-state index is 9.02. The zero-order valence-electron chi connectivity index (χ0n) is 8.61. The number of fused-ring (bicyclic) bond motifs is 1. The highest BCUT2D eigenvalue weighted by molar-refractivity contribution is 8.07. The molecule has 0 radical (unpaired) electrons. The lowest BCUT2D eigenvalue weighted by Gasteiger charge is -2.30. The summed E-state index contributed by atoms with van der Waals surface area (Å²) in [7, 11) is 0. The molecule has 3 unspecified atom stereocenters. The van der Waals surface area contributed by atoms with E-state index in [0.29, 0.717) is 6.04 Å². The summed E-state index contributed by atoms with van der Waals surface area (Å²) in [6.07, 6.45) is 2.65. The minimum atomic E-state index is 0.256. The molecule has 0 bridgehead atoms. The quantitative estimate of drug-likeness (QED) is 0.770. The van der Waals surface area contributed by atoms with Gasteiger partial charge in [-0.2, -0.15) is 23.5 Å². The van der Waals surface area contributed by atoms with E-state index in [4.69, 9.17) is 5.11 Å². The Morgan fingerprint density at radius 2 is 2.14 bits per heavy atom. The molecule has 1 aliphatic heterocycles. The van der Waals surface area contributed by atoms with Crippen molar-refractivity contribution in [1.82, 2.24) is 5.32 Å². The van der Waals surface area contributed by atoms with Crippen LogP contribution >= 0.6 is 23.5 Å². The van der Waals surface area contributed by atoms with E-state index in [9.17, 15) is 0 Å². The molecule has 2 fully saturated rings. The van der Waals surface area contributed by atoms with Gasteiger partial charge in [-0.25, -0.2) is 0 Å². The second-order valence-electron chi connectivity index (χ2n) is 4.18. The van der Waals surface area contributed by atoms with E-state index in [-0.39, 0.29) is 12.6 Å². The number of aliphatic hydroxyl groups excluding tert-OH is 1. The maximum absolute atomic E-state index is 9.02. The Morgan fingerprint density at radius 3 is 2.93 bits per heavy atom. The van der Waals surface area contributed by atoms with Gasteiger partial charge >= 0.3 is 0 Å². The topological polar surface area (TPSA) is 32.3 Å². The van der Waals surface area contributed by atoms with Gasteiger partial charge in [-0.15, -0.1) is 0 Å². The first-order valence-corrected chi connectivity index (χ1v) is 7.51. The van der Waals surface area contributed by atoms with Gasteiger partial charge < -0.3 is 10.4 Å². The molecule has 0 spiro atoms. The molecule has 1 aliphatic carbocycles. The summed E-state index contributed by atoms with van der Waals surface area (Å²) in [6.45, 7) is 2.32. The fourth-order valence-electron chi connectivity index (χ4n) is 2.31. The van der Waals surface area contributed by atoms with Crippen LogP contribution in [-0.2, 0) is 0 Å². The molecule has 82 valence electrons. The first kappa shape index (κ1) is 11.1. The van der Waals surface area contributed by atoms with Crippen molar-refractivity contribution in [2.45, 2.75) is 42.3 Å². The summed E-state index contributed by atoms with van der Waals surface area (Å²) in [6, 6.07) is 0.895. The molecule has 14 heavy (non-hydrogen) atoms. The van der Waals surface area contributed by atoms with E-state index in [1.54, 1.807) is 0 Å². The van der Waals surface area contributed by atoms with Crippen molar-refractivity contribution in [2.75, 3.05) is 18.1 Å². The number of hydrogen-bond donors (Lipinski definition) is 2. The van der Waals surface area contributed by atoms with Crippen LogP contribution in [0.3, 0.4) is 0 Å². The molecule has 4 heteroatoms. The van der Waals surface area contributed by atoms with Crippen LogP contribution in [0.2, 0.25) is 0 Å². The maximum Gasteiger partial charge on any atom is 0.0582 e. The van der Waals surface area contributed by atoms with Gasteiger partial charge in [0.2, 0.25) is 0 Å². The van der Waals surface area contributed by atoms with Crippen LogP contribution in [0, 0.1) is 0 Å². The lowest BCUT2D eigenvalue weighted by molar-refractivity contribution is 0.241. The molecule has 1 saturated carbocycles. The molecule has 2 nitrogen and oxygen atoms in total. The van der Waals surface area contributed by atoms with Crippen molar-refractivity contribution in [3.8, 4) is 0 Å². The Balaban J connectivity index is 1.87. The molecule has 1 saturated heterocycles. The van der Waals surface area contributed by atoms with Crippen LogP contribution < -0.4 is 5.32 Å². The third-order valence-corrected chi connectivity index (χ3v) is 6.33. The van der Waals surface area contributed by atoms with Gasteiger partial charge in [-0.3, -0.25) is 0 Å². The SMILES string of the molecule is C[C@H](CO)NC1CCC2SCCSC12. The van der Waals surface area contributed by atoms with Gasteiger partial charge in [0, 0.05) is 34.1 Å². The summed E-state index contributed by atoms with van der Waals surface area (Å²) in [5.41, 5.74) is 0. The Morgan fingerprint density at radius 1 is 1.36 bits per heavy atom. The Kier molecular flexibility index (Phi) is 4.05. The highest BCUT2D eigenvalue weighted by Crippen LogP contribution is 2.42. The van der Waals surface area contributed by atoms with Crippen LogP contribution in [0.1, 0.15) is 19.8 Å². The van der Waals surface area contributed by atoms with Crippen molar-refractivity contribution in [3.05, 3.63) is 0 Å². The number of rotatable bonds is 3. The first-order valence-electron chi connectivity index (χ1n) is 5.41. The van der Waals surface area contributed by atoms with E-state index in [2.05, 4.69) is 35.8 Å². The van der Waals surface area contributed by atoms with Crippen LogP contribution in [0.4, 0.5) is 0 Å². The number of aliphatic hydroxyl groups is 1. The predicted octanol–water partition coefficient (Wildman–Crippen LogP) is 1.34. The third kappa shape index (κ3) is 2.40. The van der Waals surface area contributed by atoms with Gasteiger partial charge in [-0.05, 0) is 19.8 Å². The highest BCUT2D eigenvalue weighted by Gasteiger charge is 2.38. The van der Waals surface area contributed by atoms with Gasteiger partial charge in [0.25, 0.3) is 0 Å². The lowest BCUT2D eigenvalue weighted by Crippen LogP contribution is -2.44. The molecule has 2 aliphatic rings. The van der Waals surface area contributed by atoms with Gasteiger partial charge in [-0.1, -0.05) is 0 Å².